The minimum atomic E-state index is -0.0506. The molecule has 7 heteroatoms. The number of nitrogens with zero attached hydrogens (tertiary/aromatic N) is 3. The molecule has 4 heterocycles. The average Bonchev–Trinajstić information content (AvgIpc) is 3.31. The van der Waals surface area contributed by atoms with E-state index in [2.05, 4.69) is 28.4 Å². The van der Waals surface area contributed by atoms with Gasteiger partial charge in [-0.15, -0.1) is 0 Å². The number of carbonyl (C=O) groups excluding carboxylic acids is 2. The van der Waals surface area contributed by atoms with Crippen molar-refractivity contribution < 1.29 is 14.3 Å². The third-order valence-corrected chi connectivity index (χ3v) is 7.95. The van der Waals surface area contributed by atoms with Crippen LogP contribution in [-0.2, 0) is 17.6 Å². The zero-order valence-electron chi connectivity index (χ0n) is 20.6. The van der Waals surface area contributed by atoms with Gasteiger partial charge in [0.1, 0.15) is 5.75 Å². The number of hydrogen-bond donors (Lipinski definition) is 1. The number of aromatic amines is 1. The molecule has 0 radical (unpaired) electrons. The number of nitrogens with one attached hydrogen (secondary N) is 1. The van der Waals surface area contributed by atoms with Crippen LogP contribution in [0.3, 0.4) is 0 Å². The molecule has 0 saturated carbocycles. The van der Waals surface area contributed by atoms with Gasteiger partial charge in [0, 0.05) is 37.0 Å². The lowest BCUT2D eigenvalue weighted by molar-refractivity contribution is -0.153. The maximum absolute atomic E-state index is 13.2. The predicted octanol–water partition coefficient (Wildman–Crippen LogP) is 4.08. The van der Waals surface area contributed by atoms with Crippen LogP contribution < -0.4 is 4.74 Å². The number of rotatable bonds is 4. The minimum absolute atomic E-state index is 0.0294. The first-order valence-electron chi connectivity index (χ1n) is 12.9. The first-order chi connectivity index (χ1) is 18.1. The van der Waals surface area contributed by atoms with Crippen LogP contribution in [0.4, 0.5) is 0 Å². The number of hydrogen-bond acceptors (Lipinski definition) is 4. The number of amides is 2. The van der Waals surface area contributed by atoms with Crippen molar-refractivity contribution in [3.63, 3.8) is 0 Å². The van der Waals surface area contributed by atoms with Gasteiger partial charge in [0.05, 0.1) is 18.5 Å². The highest BCUT2D eigenvalue weighted by Crippen LogP contribution is 2.41. The molecule has 3 aliphatic rings. The summed E-state index contributed by atoms with van der Waals surface area (Å²) in [5.74, 6) is 1.05. The summed E-state index contributed by atoms with van der Waals surface area (Å²) in [4.78, 5) is 29.9. The van der Waals surface area contributed by atoms with E-state index >= 15 is 0 Å². The van der Waals surface area contributed by atoms with Crippen LogP contribution in [0, 0.1) is 5.41 Å². The van der Waals surface area contributed by atoms with Gasteiger partial charge in [-0.3, -0.25) is 14.7 Å². The van der Waals surface area contributed by atoms with Gasteiger partial charge in [-0.05, 0) is 53.3 Å². The van der Waals surface area contributed by atoms with Gasteiger partial charge < -0.3 is 14.5 Å². The summed E-state index contributed by atoms with van der Waals surface area (Å²) < 4.78 is 5.68. The van der Waals surface area contributed by atoms with Crippen molar-refractivity contribution in [2.24, 2.45) is 5.41 Å². The number of benzene rings is 3. The van der Waals surface area contributed by atoms with Crippen LogP contribution in [0.25, 0.3) is 22.0 Å². The molecule has 0 bridgehead atoms. The van der Waals surface area contributed by atoms with Gasteiger partial charge in [-0.25, -0.2) is 0 Å². The second kappa shape index (κ2) is 8.47. The van der Waals surface area contributed by atoms with Crippen LogP contribution >= 0.6 is 0 Å². The highest BCUT2D eigenvalue weighted by atomic mass is 16.5. The van der Waals surface area contributed by atoms with E-state index in [9.17, 15) is 9.59 Å². The summed E-state index contributed by atoms with van der Waals surface area (Å²) in [6.45, 7) is 3.54. The van der Waals surface area contributed by atoms with E-state index in [4.69, 9.17) is 4.74 Å². The molecule has 0 unspecified atom stereocenters. The Morgan fingerprint density at radius 2 is 1.73 bits per heavy atom. The SMILES string of the molecule is O=C(Cc1ccc2c(c1)CCCO2)N1CC2(C1)CN(C(=O)c1n[nH]c3cc(-c4ccccc4)ccc13)C2. The highest BCUT2D eigenvalue weighted by molar-refractivity contribution is 6.05. The second-order valence-electron chi connectivity index (χ2n) is 10.7. The van der Waals surface area contributed by atoms with Crippen molar-refractivity contribution in [2.75, 3.05) is 32.8 Å². The van der Waals surface area contributed by atoms with Crippen molar-refractivity contribution in [1.82, 2.24) is 20.0 Å². The lowest BCUT2D eigenvalue weighted by Crippen LogP contribution is -2.73. The standard InChI is InChI=1S/C30H28N4O3/c35-27(14-20-8-11-26-23(13-20)7-4-12-37-26)33-16-30(17-33)18-34(19-30)29(36)28-24-10-9-22(15-25(24)31-32-28)21-5-2-1-3-6-21/h1-3,5-6,8-11,13,15H,4,7,12,14,16-19H2,(H,31,32). The number of ether oxygens (including phenoxy) is 1. The molecule has 4 aromatic rings. The van der Waals surface area contributed by atoms with E-state index in [1.54, 1.807) is 0 Å². The molecule has 2 amide bonds. The summed E-state index contributed by atoms with van der Waals surface area (Å²) in [5.41, 5.74) is 5.81. The molecule has 1 aromatic heterocycles. The average molecular weight is 493 g/mol. The van der Waals surface area contributed by atoms with Crippen molar-refractivity contribution in [3.8, 4) is 16.9 Å². The van der Waals surface area contributed by atoms with Crippen molar-refractivity contribution >= 4 is 22.7 Å². The molecule has 37 heavy (non-hydrogen) atoms. The number of likely N-dealkylation sites (tertiary alicyclic amines) is 2. The number of carbonyl (C=O) groups is 2. The molecule has 0 atom stereocenters. The molecule has 3 aliphatic heterocycles. The van der Waals surface area contributed by atoms with Crippen molar-refractivity contribution in [2.45, 2.75) is 19.3 Å². The van der Waals surface area contributed by atoms with Crippen LogP contribution in [0.2, 0.25) is 0 Å². The van der Waals surface area contributed by atoms with Gasteiger partial charge in [0.2, 0.25) is 5.91 Å². The Bertz CT molecular complexity index is 1510. The summed E-state index contributed by atoms with van der Waals surface area (Å²) >= 11 is 0. The fraction of sp³-hybridized carbons (Fsp3) is 0.300. The maximum Gasteiger partial charge on any atom is 0.275 e. The number of aromatic nitrogens is 2. The Labute approximate surface area is 215 Å². The minimum Gasteiger partial charge on any atom is -0.493 e. The van der Waals surface area contributed by atoms with E-state index in [-0.39, 0.29) is 17.2 Å². The van der Waals surface area contributed by atoms with Crippen LogP contribution in [0.5, 0.6) is 5.75 Å². The fourth-order valence-electron chi connectivity index (χ4n) is 6.00. The molecule has 186 valence electrons. The summed E-state index contributed by atoms with van der Waals surface area (Å²) in [6.07, 6.45) is 2.45. The fourth-order valence-corrected chi connectivity index (χ4v) is 6.00. The van der Waals surface area contributed by atoms with Gasteiger partial charge in [0.15, 0.2) is 5.69 Å². The molecule has 3 aromatic carbocycles. The first-order valence-corrected chi connectivity index (χ1v) is 12.9. The Morgan fingerprint density at radius 1 is 0.919 bits per heavy atom. The highest BCUT2D eigenvalue weighted by Gasteiger charge is 2.54. The molecule has 0 aliphatic carbocycles. The Kier molecular flexibility index (Phi) is 5.06. The molecular formula is C30H28N4O3. The summed E-state index contributed by atoms with van der Waals surface area (Å²) in [7, 11) is 0. The molecule has 2 saturated heterocycles. The topological polar surface area (TPSA) is 78.5 Å². The lowest BCUT2D eigenvalue weighted by Gasteiger charge is -2.60. The molecule has 2 fully saturated rings. The summed E-state index contributed by atoms with van der Waals surface area (Å²) in [6, 6.07) is 22.3. The maximum atomic E-state index is 13.2. The number of fused-ring (bicyclic) bond motifs is 2. The normalized spacial score (nSPS) is 17.6. The number of aryl methyl sites for hydroxylation is 1. The Hall–Kier alpha value is -4.13. The van der Waals surface area contributed by atoms with E-state index in [0.29, 0.717) is 38.3 Å². The Morgan fingerprint density at radius 3 is 2.57 bits per heavy atom. The monoisotopic (exact) mass is 492 g/mol. The van der Waals surface area contributed by atoms with Gasteiger partial charge in [-0.2, -0.15) is 5.10 Å². The van der Waals surface area contributed by atoms with Gasteiger partial charge in [0.25, 0.3) is 5.91 Å². The smallest absolute Gasteiger partial charge is 0.275 e. The third-order valence-electron chi connectivity index (χ3n) is 7.95. The molecule has 7 nitrogen and oxygen atoms in total. The van der Waals surface area contributed by atoms with E-state index in [1.807, 2.05) is 58.3 Å². The van der Waals surface area contributed by atoms with Crippen molar-refractivity contribution in [1.29, 1.82) is 0 Å². The van der Waals surface area contributed by atoms with Gasteiger partial charge in [-0.1, -0.05) is 48.5 Å². The molecule has 1 spiro atoms. The Balaban J connectivity index is 0.965. The number of H-pyrrole nitrogens is 1. The van der Waals surface area contributed by atoms with Crippen LogP contribution in [0.1, 0.15) is 28.0 Å². The summed E-state index contributed by atoms with van der Waals surface area (Å²) in [5, 5.41) is 8.23. The molecular weight excluding hydrogens is 464 g/mol. The second-order valence-corrected chi connectivity index (χ2v) is 10.7. The molecule has 7 rings (SSSR count). The van der Waals surface area contributed by atoms with Crippen LogP contribution in [-0.4, -0.2) is 64.6 Å². The largest absolute Gasteiger partial charge is 0.493 e. The molecule has 1 N–H and O–H groups in total. The van der Waals surface area contributed by atoms with E-state index < -0.39 is 0 Å². The van der Waals surface area contributed by atoms with Crippen LogP contribution in [0.15, 0.2) is 66.7 Å². The van der Waals surface area contributed by atoms with Crippen molar-refractivity contribution in [3.05, 3.63) is 83.6 Å². The quantitative estimate of drug-likeness (QED) is 0.466. The predicted molar refractivity (Wildman–Crippen MR) is 140 cm³/mol. The van der Waals surface area contributed by atoms with E-state index in [1.165, 1.54) is 5.56 Å². The third kappa shape index (κ3) is 3.86. The van der Waals surface area contributed by atoms with E-state index in [0.717, 1.165) is 52.8 Å². The first kappa shape index (κ1) is 22.1. The lowest BCUT2D eigenvalue weighted by atomic mass is 9.72. The zero-order valence-corrected chi connectivity index (χ0v) is 20.6. The zero-order chi connectivity index (χ0) is 25.0. The van der Waals surface area contributed by atoms with Gasteiger partial charge >= 0.3 is 0 Å².